The first-order chi connectivity index (χ1) is 16.5. The van der Waals surface area contributed by atoms with Crippen LogP contribution in [0, 0.1) is 0 Å². The van der Waals surface area contributed by atoms with E-state index in [4.69, 9.17) is 16.3 Å². The van der Waals surface area contributed by atoms with Crippen LogP contribution in [0.2, 0.25) is 5.02 Å². The second-order valence-electron chi connectivity index (χ2n) is 7.92. The third-order valence-corrected chi connectivity index (χ3v) is 7.05. The van der Waals surface area contributed by atoms with Crippen LogP contribution in [0.25, 0.3) is 16.8 Å². The Bertz CT molecular complexity index is 1630. The normalized spacial score (nSPS) is 15.9. The SMILES string of the molecule is CCOC(=O)C1=C(C)N=c2s/c(=C\c3cccc4ccccc34)c(=O)n2[C@H]1c1ccc(Cl)cc1. The molecule has 0 fully saturated rings. The number of hydrogen-bond acceptors (Lipinski definition) is 5. The molecule has 1 aliphatic rings. The minimum Gasteiger partial charge on any atom is -0.463 e. The van der Waals surface area contributed by atoms with Crippen molar-refractivity contribution < 1.29 is 9.53 Å². The molecule has 0 radical (unpaired) electrons. The molecule has 0 aliphatic carbocycles. The number of ether oxygens (including phenoxy) is 1. The zero-order valence-electron chi connectivity index (χ0n) is 18.6. The molecule has 1 aromatic heterocycles. The molecule has 7 heteroatoms. The van der Waals surface area contributed by atoms with Crippen LogP contribution in [-0.2, 0) is 9.53 Å². The van der Waals surface area contributed by atoms with Gasteiger partial charge in [0, 0.05) is 5.02 Å². The van der Waals surface area contributed by atoms with Gasteiger partial charge in [0.2, 0.25) is 0 Å². The maximum absolute atomic E-state index is 13.7. The second kappa shape index (κ2) is 9.05. The van der Waals surface area contributed by atoms with Gasteiger partial charge in [-0.3, -0.25) is 9.36 Å². The summed E-state index contributed by atoms with van der Waals surface area (Å²) in [5.41, 5.74) is 2.41. The van der Waals surface area contributed by atoms with Crippen LogP contribution >= 0.6 is 22.9 Å². The van der Waals surface area contributed by atoms with Gasteiger partial charge in [0.15, 0.2) is 4.80 Å². The summed E-state index contributed by atoms with van der Waals surface area (Å²) in [6.07, 6.45) is 1.90. The van der Waals surface area contributed by atoms with Gasteiger partial charge < -0.3 is 4.74 Å². The number of halogens is 1. The summed E-state index contributed by atoms with van der Waals surface area (Å²) in [6.45, 7) is 3.76. The average molecular weight is 489 g/mol. The predicted octanol–water partition coefficient (Wildman–Crippen LogP) is 4.60. The Morgan fingerprint density at radius 1 is 1.12 bits per heavy atom. The molecular weight excluding hydrogens is 468 g/mol. The average Bonchev–Trinajstić information content (AvgIpc) is 3.13. The Kier molecular flexibility index (Phi) is 5.94. The number of carbonyl (C=O) groups excluding carboxylic acids is 1. The van der Waals surface area contributed by atoms with Gasteiger partial charge in [0.05, 0.1) is 28.5 Å². The topological polar surface area (TPSA) is 60.7 Å². The van der Waals surface area contributed by atoms with Crippen LogP contribution in [-0.4, -0.2) is 17.1 Å². The summed E-state index contributed by atoms with van der Waals surface area (Å²) in [5.74, 6) is -0.480. The van der Waals surface area contributed by atoms with Crippen molar-refractivity contribution in [1.82, 2.24) is 4.57 Å². The van der Waals surface area contributed by atoms with Gasteiger partial charge in [-0.2, -0.15) is 0 Å². The number of hydrogen-bond donors (Lipinski definition) is 0. The quantitative estimate of drug-likeness (QED) is 0.394. The number of allylic oxidation sites excluding steroid dienone is 1. The minimum atomic E-state index is -0.651. The molecule has 34 heavy (non-hydrogen) atoms. The lowest BCUT2D eigenvalue weighted by Gasteiger charge is -2.24. The van der Waals surface area contributed by atoms with Crippen LogP contribution in [0.4, 0.5) is 0 Å². The molecule has 170 valence electrons. The van der Waals surface area contributed by atoms with Crippen molar-refractivity contribution >= 4 is 45.8 Å². The van der Waals surface area contributed by atoms with Gasteiger partial charge in [0.25, 0.3) is 5.56 Å². The zero-order chi connectivity index (χ0) is 23.8. The molecule has 3 aromatic carbocycles. The van der Waals surface area contributed by atoms with Crippen LogP contribution in [0.5, 0.6) is 0 Å². The lowest BCUT2D eigenvalue weighted by molar-refractivity contribution is -0.139. The Hall–Kier alpha value is -3.48. The highest BCUT2D eigenvalue weighted by Crippen LogP contribution is 2.31. The fourth-order valence-electron chi connectivity index (χ4n) is 4.27. The van der Waals surface area contributed by atoms with E-state index in [2.05, 4.69) is 4.99 Å². The van der Waals surface area contributed by atoms with Crippen molar-refractivity contribution in [2.75, 3.05) is 6.61 Å². The third-order valence-electron chi connectivity index (χ3n) is 5.81. The first kappa shape index (κ1) is 22.3. The summed E-state index contributed by atoms with van der Waals surface area (Å²) in [7, 11) is 0. The molecule has 5 nitrogen and oxygen atoms in total. The Morgan fingerprint density at radius 3 is 2.62 bits per heavy atom. The summed E-state index contributed by atoms with van der Waals surface area (Å²) in [4.78, 5) is 31.8. The molecule has 0 unspecified atom stereocenters. The summed E-state index contributed by atoms with van der Waals surface area (Å²) >= 11 is 7.42. The highest BCUT2D eigenvalue weighted by atomic mass is 35.5. The smallest absolute Gasteiger partial charge is 0.338 e. The van der Waals surface area contributed by atoms with Crippen molar-refractivity contribution in [1.29, 1.82) is 0 Å². The molecule has 1 aliphatic heterocycles. The standard InChI is InChI=1S/C27H21ClN2O3S/c1-3-33-26(32)23-16(2)29-27-30(24(23)18-11-13-20(28)14-12-18)25(31)22(34-27)15-19-9-6-8-17-7-4-5-10-21(17)19/h4-15,24H,3H2,1-2H3/b22-15-/t24-/m0/s1. The van der Waals surface area contributed by atoms with Crippen LogP contribution in [0.15, 0.2) is 87.8 Å². The van der Waals surface area contributed by atoms with Gasteiger partial charge in [-0.1, -0.05) is 77.5 Å². The Balaban J connectivity index is 1.75. The fraction of sp³-hybridized carbons (Fsp3) is 0.148. The first-order valence-corrected chi connectivity index (χ1v) is 12.1. The molecule has 0 spiro atoms. The predicted molar refractivity (Wildman–Crippen MR) is 136 cm³/mol. The number of esters is 1. The number of rotatable bonds is 4. The highest BCUT2D eigenvalue weighted by molar-refractivity contribution is 7.07. The molecule has 5 rings (SSSR count). The van der Waals surface area contributed by atoms with Crippen molar-refractivity contribution in [3.05, 3.63) is 114 Å². The number of carbonyl (C=O) groups is 1. The Labute approximate surface area is 204 Å². The zero-order valence-corrected chi connectivity index (χ0v) is 20.2. The van der Waals surface area contributed by atoms with Gasteiger partial charge in [-0.05, 0) is 54.0 Å². The van der Waals surface area contributed by atoms with Crippen molar-refractivity contribution in [3.63, 3.8) is 0 Å². The van der Waals surface area contributed by atoms with E-state index in [0.717, 1.165) is 21.9 Å². The lowest BCUT2D eigenvalue weighted by Crippen LogP contribution is -2.39. The molecule has 0 bridgehead atoms. The maximum atomic E-state index is 13.7. The van der Waals surface area contributed by atoms with Crippen molar-refractivity contribution in [2.45, 2.75) is 19.9 Å². The van der Waals surface area contributed by atoms with Crippen LogP contribution in [0.1, 0.15) is 31.0 Å². The van der Waals surface area contributed by atoms with Gasteiger partial charge in [-0.25, -0.2) is 9.79 Å². The van der Waals surface area contributed by atoms with Crippen LogP contribution in [0.3, 0.4) is 0 Å². The molecule has 0 amide bonds. The lowest BCUT2D eigenvalue weighted by atomic mass is 9.96. The largest absolute Gasteiger partial charge is 0.463 e. The second-order valence-corrected chi connectivity index (χ2v) is 9.37. The van der Waals surface area contributed by atoms with Gasteiger partial charge in [-0.15, -0.1) is 0 Å². The molecule has 1 atom stereocenters. The summed E-state index contributed by atoms with van der Waals surface area (Å²) in [5, 5.41) is 2.74. The Morgan fingerprint density at radius 2 is 1.85 bits per heavy atom. The number of benzene rings is 3. The van der Waals surface area contributed by atoms with E-state index < -0.39 is 12.0 Å². The van der Waals surface area contributed by atoms with E-state index >= 15 is 0 Å². The van der Waals surface area contributed by atoms with E-state index in [1.165, 1.54) is 11.3 Å². The summed E-state index contributed by atoms with van der Waals surface area (Å²) in [6, 6.07) is 20.6. The molecule has 2 heterocycles. The summed E-state index contributed by atoms with van der Waals surface area (Å²) < 4.78 is 7.47. The maximum Gasteiger partial charge on any atom is 0.338 e. The minimum absolute atomic E-state index is 0.203. The van der Waals surface area contributed by atoms with E-state index in [-0.39, 0.29) is 12.2 Å². The monoisotopic (exact) mass is 488 g/mol. The van der Waals surface area contributed by atoms with Gasteiger partial charge in [0.1, 0.15) is 0 Å². The van der Waals surface area contributed by atoms with E-state index in [1.807, 2.05) is 60.7 Å². The molecule has 0 N–H and O–H groups in total. The fourth-order valence-corrected chi connectivity index (χ4v) is 5.43. The molecule has 0 saturated carbocycles. The number of thiazole rings is 1. The van der Waals surface area contributed by atoms with Crippen molar-refractivity contribution in [2.24, 2.45) is 4.99 Å². The van der Waals surface area contributed by atoms with Crippen molar-refractivity contribution in [3.8, 4) is 0 Å². The number of nitrogens with zero attached hydrogens (tertiary/aromatic N) is 2. The van der Waals surface area contributed by atoms with Crippen LogP contribution < -0.4 is 14.9 Å². The van der Waals surface area contributed by atoms with E-state index in [1.54, 1.807) is 30.5 Å². The molecule has 4 aromatic rings. The molecular formula is C27H21ClN2O3S. The van der Waals surface area contributed by atoms with E-state index in [9.17, 15) is 9.59 Å². The van der Waals surface area contributed by atoms with Gasteiger partial charge >= 0.3 is 5.97 Å². The number of fused-ring (bicyclic) bond motifs is 2. The third kappa shape index (κ3) is 3.89. The van der Waals surface area contributed by atoms with E-state index in [0.29, 0.717) is 25.6 Å². The molecule has 0 saturated heterocycles. The highest BCUT2D eigenvalue weighted by Gasteiger charge is 2.33. The first-order valence-electron chi connectivity index (χ1n) is 10.9. The number of aromatic nitrogens is 1.